The van der Waals surface area contributed by atoms with Crippen LogP contribution in [0.2, 0.25) is 0 Å². The Morgan fingerprint density at radius 1 is 0.882 bits per heavy atom. The molecule has 0 amide bonds. The van der Waals surface area contributed by atoms with Crippen molar-refractivity contribution in [2.75, 3.05) is 6.61 Å². The number of benzene rings is 2. The molecule has 0 saturated carbocycles. The minimum absolute atomic E-state index is 0.541. The van der Waals surface area contributed by atoms with E-state index in [0.29, 0.717) is 5.92 Å². The van der Waals surface area contributed by atoms with Crippen LogP contribution in [0.1, 0.15) is 13.8 Å². The third-order valence-electron chi connectivity index (χ3n) is 2.54. The van der Waals surface area contributed by atoms with Gasteiger partial charge in [0.05, 0.1) is 6.61 Å². The molecular weight excluding hydrogens is 208 g/mol. The van der Waals surface area contributed by atoms with Gasteiger partial charge in [0.1, 0.15) is 5.75 Å². The molecule has 2 aromatic carbocycles. The maximum absolute atomic E-state index is 5.85. The summed E-state index contributed by atoms with van der Waals surface area (Å²) in [7, 11) is 0. The minimum Gasteiger partial charge on any atom is -0.493 e. The molecule has 0 saturated heterocycles. The van der Waals surface area contributed by atoms with Crippen LogP contribution in [-0.2, 0) is 0 Å². The lowest BCUT2D eigenvalue weighted by Gasteiger charge is -2.13. The van der Waals surface area contributed by atoms with Crippen molar-refractivity contribution in [1.82, 2.24) is 0 Å². The molecule has 0 aromatic heterocycles. The summed E-state index contributed by atoms with van der Waals surface area (Å²) >= 11 is 0. The van der Waals surface area contributed by atoms with Crippen molar-refractivity contribution in [3.8, 4) is 16.9 Å². The summed E-state index contributed by atoms with van der Waals surface area (Å²) in [6.45, 7) is 5.07. The van der Waals surface area contributed by atoms with Gasteiger partial charge in [-0.1, -0.05) is 62.4 Å². The summed E-state index contributed by atoms with van der Waals surface area (Å²) < 4.78 is 5.85. The lowest BCUT2D eigenvalue weighted by Crippen LogP contribution is -2.05. The lowest BCUT2D eigenvalue weighted by molar-refractivity contribution is 0.272. The van der Waals surface area contributed by atoms with E-state index < -0.39 is 0 Å². The Morgan fingerprint density at radius 2 is 1.53 bits per heavy atom. The molecule has 88 valence electrons. The standard InChI is InChI=1S/C16H18O/c1-13(2)12-17-16-11-7-6-10-15(16)14-8-4-3-5-9-14/h3-11,13H,12H2,1-2H3. The molecule has 0 fully saturated rings. The van der Waals surface area contributed by atoms with Gasteiger partial charge in [0.25, 0.3) is 0 Å². The van der Waals surface area contributed by atoms with Gasteiger partial charge in [-0.25, -0.2) is 0 Å². The van der Waals surface area contributed by atoms with Crippen molar-refractivity contribution in [3.05, 3.63) is 54.6 Å². The van der Waals surface area contributed by atoms with Crippen molar-refractivity contribution in [2.45, 2.75) is 13.8 Å². The van der Waals surface area contributed by atoms with Crippen LogP contribution in [0.3, 0.4) is 0 Å². The molecule has 0 aliphatic carbocycles. The van der Waals surface area contributed by atoms with Crippen LogP contribution in [0.5, 0.6) is 5.75 Å². The van der Waals surface area contributed by atoms with Crippen molar-refractivity contribution in [2.24, 2.45) is 5.92 Å². The molecular formula is C16H18O. The molecule has 2 aromatic rings. The quantitative estimate of drug-likeness (QED) is 0.751. The van der Waals surface area contributed by atoms with Crippen LogP contribution < -0.4 is 4.74 Å². The number of hydrogen-bond donors (Lipinski definition) is 0. The van der Waals surface area contributed by atoms with Crippen LogP contribution in [0.4, 0.5) is 0 Å². The summed E-state index contributed by atoms with van der Waals surface area (Å²) in [5.41, 5.74) is 2.36. The molecule has 0 aliphatic rings. The van der Waals surface area contributed by atoms with Gasteiger partial charge in [0.15, 0.2) is 0 Å². The fourth-order valence-electron chi connectivity index (χ4n) is 1.71. The molecule has 0 spiro atoms. The maximum atomic E-state index is 5.85. The van der Waals surface area contributed by atoms with E-state index in [1.54, 1.807) is 0 Å². The van der Waals surface area contributed by atoms with Crippen molar-refractivity contribution in [1.29, 1.82) is 0 Å². The summed E-state index contributed by atoms with van der Waals surface area (Å²) in [5.74, 6) is 1.51. The largest absolute Gasteiger partial charge is 0.493 e. The molecule has 0 radical (unpaired) electrons. The Morgan fingerprint density at radius 3 is 2.24 bits per heavy atom. The number of rotatable bonds is 4. The predicted octanol–water partition coefficient (Wildman–Crippen LogP) is 4.39. The van der Waals surface area contributed by atoms with Crippen LogP contribution in [0, 0.1) is 5.92 Å². The zero-order valence-corrected chi connectivity index (χ0v) is 10.4. The number of para-hydroxylation sites is 1. The second-order valence-corrected chi connectivity index (χ2v) is 4.57. The van der Waals surface area contributed by atoms with E-state index in [4.69, 9.17) is 4.74 Å². The topological polar surface area (TPSA) is 9.23 Å². The van der Waals surface area contributed by atoms with Crippen LogP contribution in [0.25, 0.3) is 11.1 Å². The molecule has 0 unspecified atom stereocenters. The van der Waals surface area contributed by atoms with Crippen molar-refractivity contribution < 1.29 is 4.74 Å². The first kappa shape index (κ1) is 11.7. The first-order valence-corrected chi connectivity index (χ1v) is 6.04. The highest BCUT2D eigenvalue weighted by Crippen LogP contribution is 2.29. The van der Waals surface area contributed by atoms with E-state index in [1.165, 1.54) is 5.56 Å². The molecule has 0 heterocycles. The molecule has 0 N–H and O–H groups in total. The van der Waals surface area contributed by atoms with Gasteiger partial charge in [0.2, 0.25) is 0 Å². The van der Waals surface area contributed by atoms with E-state index in [2.05, 4.69) is 44.2 Å². The third kappa shape index (κ3) is 3.10. The molecule has 1 heteroatoms. The predicted molar refractivity (Wildman–Crippen MR) is 72.2 cm³/mol. The Bertz CT molecular complexity index is 460. The Balaban J connectivity index is 2.28. The van der Waals surface area contributed by atoms with Crippen molar-refractivity contribution >= 4 is 0 Å². The first-order chi connectivity index (χ1) is 8.27. The van der Waals surface area contributed by atoms with Gasteiger partial charge in [-0.15, -0.1) is 0 Å². The SMILES string of the molecule is CC(C)COc1ccccc1-c1ccccc1. The highest BCUT2D eigenvalue weighted by Gasteiger charge is 2.05. The van der Waals surface area contributed by atoms with E-state index in [1.807, 2.05) is 24.3 Å². The monoisotopic (exact) mass is 226 g/mol. The van der Waals surface area contributed by atoms with Gasteiger partial charge in [-0.05, 0) is 17.5 Å². The number of hydrogen-bond acceptors (Lipinski definition) is 1. The fourth-order valence-corrected chi connectivity index (χ4v) is 1.71. The summed E-state index contributed by atoms with van der Waals surface area (Å²) in [5, 5.41) is 0. The van der Waals surface area contributed by atoms with Crippen molar-refractivity contribution in [3.63, 3.8) is 0 Å². The van der Waals surface area contributed by atoms with Gasteiger partial charge in [0, 0.05) is 5.56 Å². The van der Waals surface area contributed by atoms with Crippen LogP contribution >= 0.6 is 0 Å². The second kappa shape index (κ2) is 5.53. The molecule has 0 atom stereocenters. The maximum Gasteiger partial charge on any atom is 0.127 e. The minimum atomic E-state index is 0.541. The second-order valence-electron chi connectivity index (χ2n) is 4.57. The van der Waals surface area contributed by atoms with Crippen LogP contribution in [-0.4, -0.2) is 6.61 Å². The average molecular weight is 226 g/mol. The first-order valence-electron chi connectivity index (χ1n) is 6.04. The highest BCUT2D eigenvalue weighted by atomic mass is 16.5. The van der Waals surface area contributed by atoms with E-state index in [-0.39, 0.29) is 0 Å². The Labute approximate surface area is 103 Å². The van der Waals surface area contributed by atoms with Gasteiger partial charge in [-0.2, -0.15) is 0 Å². The van der Waals surface area contributed by atoms with Crippen LogP contribution in [0.15, 0.2) is 54.6 Å². The molecule has 0 bridgehead atoms. The molecule has 17 heavy (non-hydrogen) atoms. The van der Waals surface area contributed by atoms with Gasteiger partial charge >= 0.3 is 0 Å². The lowest BCUT2D eigenvalue weighted by atomic mass is 10.0. The smallest absolute Gasteiger partial charge is 0.127 e. The van der Waals surface area contributed by atoms with Gasteiger partial charge < -0.3 is 4.74 Å². The number of ether oxygens (including phenoxy) is 1. The van der Waals surface area contributed by atoms with E-state index in [9.17, 15) is 0 Å². The highest BCUT2D eigenvalue weighted by molar-refractivity contribution is 5.70. The normalized spacial score (nSPS) is 10.5. The summed E-state index contributed by atoms with van der Waals surface area (Å²) in [6, 6.07) is 18.5. The fraction of sp³-hybridized carbons (Fsp3) is 0.250. The molecule has 2 rings (SSSR count). The zero-order valence-electron chi connectivity index (χ0n) is 10.4. The third-order valence-corrected chi connectivity index (χ3v) is 2.54. The zero-order chi connectivity index (χ0) is 12.1. The van der Waals surface area contributed by atoms with Gasteiger partial charge in [-0.3, -0.25) is 0 Å². The Kier molecular flexibility index (Phi) is 3.81. The van der Waals surface area contributed by atoms with E-state index in [0.717, 1.165) is 17.9 Å². The molecule has 0 aliphatic heterocycles. The molecule has 1 nitrogen and oxygen atoms in total. The summed E-state index contributed by atoms with van der Waals surface area (Å²) in [4.78, 5) is 0. The summed E-state index contributed by atoms with van der Waals surface area (Å²) in [6.07, 6.45) is 0. The Hall–Kier alpha value is -1.76. The van der Waals surface area contributed by atoms with E-state index >= 15 is 0 Å². The average Bonchev–Trinajstić information content (AvgIpc) is 2.38.